The van der Waals surface area contributed by atoms with Gasteiger partial charge < -0.3 is 5.11 Å². The summed E-state index contributed by atoms with van der Waals surface area (Å²) in [6, 6.07) is 9.59. The largest absolute Gasteiger partial charge is 0.385 e. The van der Waals surface area contributed by atoms with E-state index in [9.17, 15) is 5.11 Å². The summed E-state index contributed by atoms with van der Waals surface area (Å²) in [6.07, 6.45) is 0.861. The lowest BCUT2D eigenvalue weighted by Gasteiger charge is -2.28. The molecule has 2 rings (SSSR count). The van der Waals surface area contributed by atoms with E-state index in [0.29, 0.717) is 30.3 Å². The highest BCUT2D eigenvalue weighted by atomic mass is 35.5. The Morgan fingerprint density at radius 2 is 1.95 bits per heavy atom. The van der Waals surface area contributed by atoms with Crippen LogP contribution in [0.4, 0.5) is 0 Å². The molecule has 0 radical (unpaired) electrons. The van der Waals surface area contributed by atoms with Gasteiger partial charge in [0.1, 0.15) is 0 Å². The Hall–Kier alpha value is -1.03. The van der Waals surface area contributed by atoms with Crippen LogP contribution in [0, 0.1) is 6.92 Å². The molecule has 5 heteroatoms. The van der Waals surface area contributed by atoms with Crippen LogP contribution in [0.25, 0.3) is 0 Å². The van der Waals surface area contributed by atoms with Gasteiger partial charge in [-0.2, -0.15) is 5.10 Å². The van der Waals surface area contributed by atoms with Crippen LogP contribution in [0.2, 0.25) is 5.02 Å². The standard InChI is InChI=1S/C16H20Cl2N2O/c1-3-20-14(15(18)12(2)19-20)11-16(21,9-10-17)13-7-5-4-6-8-13/h4-8,21H,3,9-11H2,1-2H3. The smallest absolute Gasteiger partial charge is 0.0963 e. The molecule has 1 aromatic heterocycles. The summed E-state index contributed by atoms with van der Waals surface area (Å²) in [5.74, 6) is 0.377. The van der Waals surface area contributed by atoms with Crippen molar-refractivity contribution >= 4 is 23.2 Å². The average Bonchev–Trinajstić information content (AvgIpc) is 2.76. The Balaban J connectivity index is 2.41. The number of aryl methyl sites for hydroxylation is 2. The van der Waals surface area contributed by atoms with E-state index in [1.807, 2.05) is 48.9 Å². The van der Waals surface area contributed by atoms with Crippen LogP contribution in [0.1, 0.15) is 30.3 Å². The van der Waals surface area contributed by atoms with Gasteiger partial charge in [-0.25, -0.2) is 0 Å². The zero-order valence-corrected chi connectivity index (χ0v) is 13.8. The van der Waals surface area contributed by atoms with Gasteiger partial charge in [-0.15, -0.1) is 11.6 Å². The molecule has 2 aromatic rings. The quantitative estimate of drug-likeness (QED) is 0.817. The number of aliphatic hydroxyl groups is 1. The lowest BCUT2D eigenvalue weighted by Crippen LogP contribution is -2.30. The molecule has 0 spiro atoms. The molecule has 0 aliphatic rings. The number of halogens is 2. The highest BCUT2D eigenvalue weighted by Crippen LogP contribution is 2.33. The van der Waals surface area contributed by atoms with Crippen LogP contribution >= 0.6 is 23.2 Å². The third-order valence-corrected chi connectivity index (χ3v) is 4.41. The Morgan fingerprint density at radius 3 is 2.52 bits per heavy atom. The summed E-state index contributed by atoms with van der Waals surface area (Å²) in [4.78, 5) is 0. The molecular weight excluding hydrogens is 307 g/mol. The van der Waals surface area contributed by atoms with Gasteiger partial charge in [-0.05, 0) is 25.8 Å². The van der Waals surface area contributed by atoms with Crippen LogP contribution < -0.4 is 0 Å². The fourth-order valence-electron chi connectivity index (χ4n) is 2.55. The first-order valence-electron chi connectivity index (χ1n) is 7.07. The Morgan fingerprint density at radius 1 is 1.29 bits per heavy atom. The second-order valence-electron chi connectivity index (χ2n) is 5.18. The fourth-order valence-corrected chi connectivity index (χ4v) is 3.07. The van der Waals surface area contributed by atoms with Gasteiger partial charge in [0, 0.05) is 18.8 Å². The zero-order valence-electron chi connectivity index (χ0n) is 12.3. The van der Waals surface area contributed by atoms with E-state index in [1.54, 1.807) is 0 Å². The van der Waals surface area contributed by atoms with Crippen molar-refractivity contribution in [2.75, 3.05) is 5.88 Å². The molecule has 0 aliphatic heterocycles. The number of alkyl halides is 1. The lowest BCUT2D eigenvalue weighted by atomic mass is 9.86. The van der Waals surface area contributed by atoms with Gasteiger partial charge >= 0.3 is 0 Å². The van der Waals surface area contributed by atoms with Crippen LogP contribution in [0.15, 0.2) is 30.3 Å². The Bertz CT molecular complexity index is 598. The molecule has 1 unspecified atom stereocenters. The third-order valence-electron chi connectivity index (χ3n) is 3.73. The number of nitrogens with zero attached hydrogens (tertiary/aromatic N) is 2. The molecular formula is C16H20Cl2N2O. The topological polar surface area (TPSA) is 38.0 Å². The van der Waals surface area contributed by atoms with E-state index < -0.39 is 5.60 Å². The zero-order chi connectivity index (χ0) is 15.5. The molecule has 1 aromatic carbocycles. The van der Waals surface area contributed by atoms with E-state index in [2.05, 4.69) is 5.10 Å². The molecule has 21 heavy (non-hydrogen) atoms. The van der Waals surface area contributed by atoms with Crippen molar-refractivity contribution in [3.05, 3.63) is 52.3 Å². The van der Waals surface area contributed by atoms with E-state index in [4.69, 9.17) is 23.2 Å². The van der Waals surface area contributed by atoms with E-state index in [-0.39, 0.29) is 0 Å². The highest BCUT2D eigenvalue weighted by molar-refractivity contribution is 6.31. The molecule has 3 nitrogen and oxygen atoms in total. The summed E-state index contributed by atoms with van der Waals surface area (Å²) < 4.78 is 1.85. The van der Waals surface area contributed by atoms with Crippen LogP contribution in [0.5, 0.6) is 0 Å². The monoisotopic (exact) mass is 326 g/mol. The normalized spacial score (nSPS) is 14.1. The Kier molecular flexibility index (Phi) is 5.31. The average molecular weight is 327 g/mol. The summed E-state index contributed by atoms with van der Waals surface area (Å²) >= 11 is 12.3. The van der Waals surface area contributed by atoms with Gasteiger partial charge in [0.25, 0.3) is 0 Å². The molecule has 1 N–H and O–H groups in total. The first-order valence-corrected chi connectivity index (χ1v) is 7.98. The fraction of sp³-hybridized carbons (Fsp3) is 0.438. The third kappa shape index (κ3) is 3.42. The second-order valence-corrected chi connectivity index (χ2v) is 5.93. The van der Waals surface area contributed by atoms with Crippen molar-refractivity contribution in [3.8, 4) is 0 Å². The van der Waals surface area contributed by atoms with Crippen molar-refractivity contribution in [2.24, 2.45) is 0 Å². The maximum absolute atomic E-state index is 11.1. The van der Waals surface area contributed by atoms with E-state index >= 15 is 0 Å². The first-order chi connectivity index (χ1) is 10.0. The molecule has 1 atom stereocenters. The second kappa shape index (κ2) is 6.82. The van der Waals surface area contributed by atoms with Gasteiger partial charge in [-0.1, -0.05) is 41.9 Å². The molecule has 114 valence electrons. The van der Waals surface area contributed by atoms with Gasteiger partial charge in [0.15, 0.2) is 0 Å². The highest BCUT2D eigenvalue weighted by Gasteiger charge is 2.31. The summed E-state index contributed by atoms with van der Waals surface area (Å²) in [5, 5.41) is 16.1. The van der Waals surface area contributed by atoms with Crippen molar-refractivity contribution in [3.63, 3.8) is 0 Å². The van der Waals surface area contributed by atoms with Crippen molar-refractivity contribution < 1.29 is 5.11 Å². The van der Waals surface area contributed by atoms with Crippen LogP contribution in [0.3, 0.4) is 0 Å². The van der Waals surface area contributed by atoms with Crippen molar-refractivity contribution in [1.82, 2.24) is 9.78 Å². The minimum atomic E-state index is -1.04. The van der Waals surface area contributed by atoms with E-state index in [1.165, 1.54) is 0 Å². The maximum atomic E-state index is 11.1. The van der Waals surface area contributed by atoms with Crippen LogP contribution in [-0.2, 0) is 18.6 Å². The molecule has 1 heterocycles. The van der Waals surface area contributed by atoms with Crippen LogP contribution in [-0.4, -0.2) is 20.8 Å². The van der Waals surface area contributed by atoms with Crippen molar-refractivity contribution in [1.29, 1.82) is 0 Å². The van der Waals surface area contributed by atoms with Crippen molar-refractivity contribution in [2.45, 2.75) is 38.8 Å². The summed E-state index contributed by atoms with van der Waals surface area (Å²) in [5.41, 5.74) is 1.46. The minimum absolute atomic E-state index is 0.377. The van der Waals surface area contributed by atoms with Gasteiger partial charge in [0.2, 0.25) is 0 Å². The summed E-state index contributed by atoms with van der Waals surface area (Å²) in [7, 11) is 0. The predicted molar refractivity (Wildman–Crippen MR) is 87.0 cm³/mol. The SMILES string of the molecule is CCn1nc(C)c(Cl)c1CC(O)(CCCl)c1ccccc1. The molecule has 0 amide bonds. The molecule has 0 aliphatic carbocycles. The minimum Gasteiger partial charge on any atom is -0.385 e. The maximum Gasteiger partial charge on any atom is 0.0963 e. The number of aromatic nitrogens is 2. The lowest BCUT2D eigenvalue weighted by molar-refractivity contribution is 0.0316. The molecule has 0 bridgehead atoms. The summed E-state index contributed by atoms with van der Waals surface area (Å²) in [6.45, 7) is 4.60. The number of hydrogen-bond donors (Lipinski definition) is 1. The Labute approximate surface area is 135 Å². The molecule has 0 fully saturated rings. The molecule has 0 saturated heterocycles. The molecule has 0 saturated carbocycles. The van der Waals surface area contributed by atoms with Gasteiger partial charge in [0.05, 0.1) is 22.0 Å². The van der Waals surface area contributed by atoms with Gasteiger partial charge in [-0.3, -0.25) is 4.68 Å². The van der Waals surface area contributed by atoms with E-state index in [0.717, 1.165) is 17.0 Å². The number of benzene rings is 1. The number of rotatable bonds is 6. The predicted octanol–water partition coefficient (Wildman–Crippen LogP) is 3.92. The first kappa shape index (κ1) is 16.3. The number of hydrogen-bond acceptors (Lipinski definition) is 2.